The van der Waals surface area contributed by atoms with Gasteiger partial charge in [0.1, 0.15) is 17.1 Å². The number of aromatic nitrogens is 1. The molecule has 0 amide bonds. The monoisotopic (exact) mass is 501 g/mol. The first-order chi connectivity index (χ1) is 18.1. The summed E-state index contributed by atoms with van der Waals surface area (Å²) in [4.78, 5) is 5.02. The van der Waals surface area contributed by atoms with E-state index in [1.165, 1.54) is 27.3 Å². The van der Waals surface area contributed by atoms with Crippen molar-refractivity contribution in [1.29, 1.82) is 0 Å². The van der Waals surface area contributed by atoms with E-state index < -0.39 is 0 Å². The average Bonchev–Trinajstić information content (AvgIpc) is 3.39. The number of benzene rings is 3. The van der Waals surface area contributed by atoms with Crippen molar-refractivity contribution < 1.29 is 8.83 Å². The van der Waals surface area contributed by atoms with E-state index in [-0.39, 0.29) is 5.41 Å². The van der Waals surface area contributed by atoms with E-state index in [1.54, 1.807) is 0 Å². The number of furan rings is 2. The van der Waals surface area contributed by atoms with Crippen molar-refractivity contribution in [3.05, 3.63) is 89.4 Å². The number of aryl methyl sites for hydroxylation is 2. The maximum absolute atomic E-state index is 6.13. The standard InChI is InChI=1S/C35H35NO2/c1-20(2)14-27-22(4)38-33-13-12-24(17-29(27)33)28-19-32(36-34-30(28)15-21(3)37-34)25-16-23-10-8-9-11-26(23)31(18-25)35(5,6)7/h8-13,15-20H,14H2,1-7H3. The van der Waals surface area contributed by atoms with Gasteiger partial charge in [0, 0.05) is 21.9 Å². The minimum absolute atomic E-state index is 0.000803. The Morgan fingerprint density at radius 1 is 0.789 bits per heavy atom. The maximum atomic E-state index is 6.13. The van der Waals surface area contributed by atoms with Crippen LogP contribution in [0.15, 0.2) is 75.6 Å². The first kappa shape index (κ1) is 24.5. The molecule has 0 spiro atoms. The minimum Gasteiger partial charge on any atom is -0.461 e. The van der Waals surface area contributed by atoms with Crippen LogP contribution >= 0.6 is 0 Å². The Balaban J connectivity index is 1.60. The van der Waals surface area contributed by atoms with Gasteiger partial charge in [0.15, 0.2) is 0 Å². The summed E-state index contributed by atoms with van der Waals surface area (Å²) in [5, 5.41) is 4.74. The molecule has 0 saturated heterocycles. The van der Waals surface area contributed by atoms with E-state index in [9.17, 15) is 0 Å². The van der Waals surface area contributed by atoms with Gasteiger partial charge < -0.3 is 8.83 Å². The number of rotatable bonds is 4. The van der Waals surface area contributed by atoms with Crippen LogP contribution in [0, 0.1) is 19.8 Å². The molecular formula is C35H35NO2. The molecule has 6 rings (SSSR count). The van der Waals surface area contributed by atoms with Crippen LogP contribution in [0.1, 0.15) is 57.3 Å². The normalized spacial score (nSPS) is 12.4. The largest absolute Gasteiger partial charge is 0.461 e. The zero-order valence-electron chi connectivity index (χ0n) is 23.4. The Hall–Kier alpha value is -3.85. The average molecular weight is 502 g/mol. The van der Waals surface area contributed by atoms with Crippen molar-refractivity contribution in [2.45, 2.75) is 60.3 Å². The fraction of sp³-hybridized carbons (Fsp3) is 0.286. The molecule has 3 heteroatoms. The molecule has 38 heavy (non-hydrogen) atoms. The molecule has 0 radical (unpaired) electrons. The van der Waals surface area contributed by atoms with Crippen LogP contribution in [-0.4, -0.2) is 4.98 Å². The molecule has 0 saturated carbocycles. The van der Waals surface area contributed by atoms with Gasteiger partial charge in [-0.3, -0.25) is 0 Å². The van der Waals surface area contributed by atoms with Gasteiger partial charge in [0.2, 0.25) is 5.71 Å². The third-order valence-electron chi connectivity index (χ3n) is 7.51. The SMILES string of the molecule is Cc1cc2c(-c3ccc4oc(C)c(CC(C)C)c4c3)cc(-c3cc(C(C)(C)C)c4ccccc4c3)nc2o1. The second-order valence-electron chi connectivity index (χ2n) is 12.1. The Bertz CT molecular complexity index is 1820. The predicted molar refractivity (Wildman–Crippen MR) is 159 cm³/mol. The fourth-order valence-electron chi connectivity index (χ4n) is 5.70. The van der Waals surface area contributed by atoms with Gasteiger partial charge in [0.05, 0.1) is 5.69 Å². The van der Waals surface area contributed by atoms with E-state index >= 15 is 0 Å². The summed E-state index contributed by atoms with van der Waals surface area (Å²) in [6.45, 7) is 15.4. The molecule has 0 unspecified atom stereocenters. The van der Waals surface area contributed by atoms with Crippen LogP contribution in [0.3, 0.4) is 0 Å². The highest BCUT2D eigenvalue weighted by atomic mass is 16.3. The Labute approximate surface area is 224 Å². The van der Waals surface area contributed by atoms with Gasteiger partial charge >= 0.3 is 0 Å². The second kappa shape index (κ2) is 8.87. The molecule has 0 atom stereocenters. The highest BCUT2D eigenvalue weighted by Gasteiger charge is 2.21. The Morgan fingerprint density at radius 3 is 2.34 bits per heavy atom. The number of fused-ring (bicyclic) bond motifs is 3. The number of hydrogen-bond donors (Lipinski definition) is 0. The third kappa shape index (κ3) is 4.20. The topological polar surface area (TPSA) is 39.2 Å². The van der Waals surface area contributed by atoms with Gasteiger partial charge in [0.25, 0.3) is 0 Å². The molecule has 6 aromatic rings. The molecule has 0 aliphatic heterocycles. The molecule has 3 nitrogen and oxygen atoms in total. The van der Waals surface area contributed by atoms with Gasteiger partial charge in [-0.05, 0) is 95.5 Å². The van der Waals surface area contributed by atoms with Crippen LogP contribution in [0.5, 0.6) is 0 Å². The van der Waals surface area contributed by atoms with Crippen LogP contribution < -0.4 is 0 Å². The Kier molecular flexibility index (Phi) is 5.72. The van der Waals surface area contributed by atoms with Crippen molar-refractivity contribution in [3.63, 3.8) is 0 Å². The van der Waals surface area contributed by atoms with Crippen molar-refractivity contribution in [2.24, 2.45) is 5.92 Å². The highest BCUT2D eigenvalue weighted by Crippen LogP contribution is 2.39. The quantitative estimate of drug-likeness (QED) is 0.241. The van der Waals surface area contributed by atoms with Crippen LogP contribution in [0.4, 0.5) is 0 Å². The molecule has 3 aromatic carbocycles. The second-order valence-corrected chi connectivity index (χ2v) is 12.1. The molecule has 0 fully saturated rings. The van der Waals surface area contributed by atoms with Gasteiger partial charge in [-0.2, -0.15) is 0 Å². The lowest BCUT2D eigenvalue weighted by molar-refractivity contribution is 0.560. The van der Waals surface area contributed by atoms with Gasteiger partial charge in [-0.15, -0.1) is 0 Å². The summed E-state index contributed by atoms with van der Waals surface area (Å²) >= 11 is 0. The first-order valence-corrected chi connectivity index (χ1v) is 13.6. The molecule has 0 aliphatic carbocycles. The summed E-state index contributed by atoms with van der Waals surface area (Å²) in [5.41, 5.74) is 8.54. The van der Waals surface area contributed by atoms with Crippen LogP contribution in [0.25, 0.3) is 55.2 Å². The third-order valence-corrected chi connectivity index (χ3v) is 7.51. The lowest BCUT2D eigenvalue weighted by Gasteiger charge is -2.22. The van der Waals surface area contributed by atoms with Crippen molar-refractivity contribution in [1.82, 2.24) is 4.98 Å². The Morgan fingerprint density at radius 2 is 1.58 bits per heavy atom. The molecule has 3 heterocycles. The van der Waals surface area contributed by atoms with Gasteiger partial charge in [-0.25, -0.2) is 4.98 Å². The molecule has 3 aromatic heterocycles. The van der Waals surface area contributed by atoms with Crippen molar-refractivity contribution in [2.75, 3.05) is 0 Å². The van der Waals surface area contributed by atoms with Crippen LogP contribution in [0.2, 0.25) is 0 Å². The van der Waals surface area contributed by atoms with E-state index in [0.717, 1.165) is 51.3 Å². The summed E-state index contributed by atoms with van der Waals surface area (Å²) in [6.07, 6.45) is 0.997. The summed E-state index contributed by atoms with van der Waals surface area (Å²) < 4.78 is 12.2. The van der Waals surface area contributed by atoms with E-state index in [0.29, 0.717) is 11.6 Å². The molecule has 192 valence electrons. The van der Waals surface area contributed by atoms with Crippen molar-refractivity contribution in [3.8, 4) is 22.4 Å². The predicted octanol–water partition coefficient (Wildman–Crippen LogP) is 10.2. The number of nitrogens with zero attached hydrogens (tertiary/aromatic N) is 1. The summed E-state index contributed by atoms with van der Waals surface area (Å²) in [7, 11) is 0. The van der Waals surface area contributed by atoms with E-state index in [2.05, 4.69) is 108 Å². The lowest BCUT2D eigenvalue weighted by Crippen LogP contribution is -2.12. The molecule has 0 bridgehead atoms. The maximum Gasteiger partial charge on any atom is 0.227 e. The zero-order valence-corrected chi connectivity index (χ0v) is 23.4. The first-order valence-electron chi connectivity index (χ1n) is 13.6. The highest BCUT2D eigenvalue weighted by molar-refractivity contribution is 5.99. The smallest absolute Gasteiger partial charge is 0.227 e. The van der Waals surface area contributed by atoms with E-state index in [1.807, 2.05) is 6.92 Å². The molecule has 0 aliphatic rings. The van der Waals surface area contributed by atoms with Gasteiger partial charge in [-0.1, -0.05) is 65.0 Å². The van der Waals surface area contributed by atoms with Crippen LogP contribution in [-0.2, 0) is 11.8 Å². The minimum atomic E-state index is 0.000803. The molecule has 0 N–H and O–H groups in total. The number of pyridine rings is 1. The van der Waals surface area contributed by atoms with E-state index in [4.69, 9.17) is 13.8 Å². The molecular weight excluding hydrogens is 466 g/mol. The van der Waals surface area contributed by atoms with Crippen molar-refractivity contribution >= 4 is 32.8 Å². The summed E-state index contributed by atoms with van der Waals surface area (Å²) in [6, 6.07) is 24.1. The number of hydrogen-bond acceptors (Lipinski definition) is 3. The zero-order chi connectivity index (χ0) is 26.8. The lowest BCUT2D eigenvalue weighted by atomic mass is 9.82. The fourth-order valence-corrected chi connectivity index (χ4v) is 5.70. The summed E-state index contributed by atoms with van der Waals surface area (Å²) in [5.74, 6) is 2.43.